The molecule has 2 rings (SSSR count). The zero-order valence-electron chi connectivity index (χ0n) is 23.1. The van der Waals surface area contributed by atoms with Crippen LogP contribution in [0.1, 0.15) is 92.9 Å². The lowest BCUT2D eigenvalue weighted by Crippen LogP contribution is -2.20. The molecular weight excluding hydrogens is 455 g/mol. The number of carbonyl (C=O) groups excluding carboxylic acids is 3. The van der Waals surface area contributed by atoms with Crippen molar-refractivity contribution >= 4 is 24.9 Å². The van der Waals surface area contributed by atoms with Gasteiger partial charge >= 0.3 is 5.97 Å². The van der Waals surface area contributed by atoms with Crippen molar-refractivity contribution in [2.24, 2.45) is 5.92 Å². The van der Waals surface area contributed by atoms with E-state index < -0.39 is 13.9 Å². The fourth-order valence-electron chi connectivity index (χ4n) is 5.22. The molecule has 35 heavy (non-hydrogen) atoms. The predicted molar refractivity (Wildman–Crippen MR) is 146 cm³/mol. The van der Waals surface area contributed by atoms with Gasteiger partial charge in [-0.05, 0) is 112 Å². The summed E-state index contributed by atoms with van der Waals surface area (Å²) in [5.74, 6) is -0.0608. The Kier molecular flexibility index (Phi) is 9.98. The van der Waals surface area contributed by atoms with Gasteiger partial charge in [0.1, 0.15) is 0 Å². The Morgan fingerprint density at radius 1 is 0.771 bits per heavy atom. The Hall–Kier alpha value is -2.32. The number of carbonyl (C=O) groups is 3. The van der Waals surface area contributed by atoms with Crippen LogP contribution in [0.4, 0.5) is 0 Å². The van der Waals surface area contributed by atoms with Gasteiger partial charge in [0, 0.05) is 11.1 Å². The molecule has 0 aliphatic carbocycles. The first kappa shape index (κ1) is 28.9. The average molecular weight is 497 g/mol. The number of ether oxygens (including phenoxy) is 1. The Labute approximate surface area is 212 Å². The lowest BCUT2D eigenvalue weighted by Gasteiger charge is -2.23. The van der Waals surface area contributed by atoms with Crippen molar-refractivity contribution in [3.8, 4) is 0 Å². The molecule has 0 radical (unpaired) electrons. The van der Waals surface area contributed by atoms with Crippen LogP contribution in [0.5, 0.6) is 0 Å². The molecule has 0 N–H and O–H groups in total. The van der Waals surface area contributed by atoms with Gasteiger partial charge in [0.25, 0.3) is 0 Å². The Balaban J connectivity index is 2.72. The molecule has 0 amide bonds. The second-order valence-corrected chi connectivity index (χ2v) is 11.9. The molecule has 0 spiro atoms. The van der Waals surface area contributed by atoms with Crippen molar-refractivity contribution < 1.29 is 19.1 Å². The highest BCUT2D eigenvalue weighted by Gasteiger charge is 2.35. The normalized spacial score (nSPS) is 12.1. The van der Waals surface area contributed by atoms with Gasteiger partial charge in [-0.15, -0.1) is 0 Å². The van der Waals surface area contributed by atoms with Gasteiger partial charge in [0.15, 0.2) is 11.0 Å². The van der Waals surface area contributed by atoms with Crippen LogP contribution in [0.3, 0.4) is 0 Å². The van der Waals surface area contributed by atoms with Gasteiger partial charge in [-0.25, -0.2) is 0 Å². The molecule has 2 aromatic rings. The first-order chi connectivity index (χ1) is 16.3. The lowest BCUT2D eigenvalue weighted by molar-refractivity contribution is -0.139. The largest absolute Gasteiger partial charge is 0.466 e. The lowest BCUT2D eigenvalue weighted by atomic mass is 9.89. The van der Waals surface area contributed by atoms with Crippen molar-refractivity contribution in [3.63, 3.8) is 0 Å². The van der Waals surface area contributed by atoms with Gasteiger partial charge in [-0.2, -0.15) is 0 Å². The van der Waals surface area contributed by atoms with Gasteiger partial charge < -0.3 is 4.74 Å². The maximum atomic E-state index is 14.1. The van der Waals surface area contributed by atoms with E-state index in [1.165, 1.54) is 0 Å². The summed E-state index contributed by atoms with van der Waals surface area (Å²) in [5, 5.41) is 0. The molecule has 0 saturated carbocycles. The molecule has 0 aliphatic heterocycles. The topological polar surface area (TPSA) is 60.4 Å². The standard InChI is InChI=1S/C30H41O4P/c1-11-24-18(5)14-20(7)27(22(24)9)29(32)35(16-26(31)34-12-2)30(33)28-21(8)15-19(6)25(23(28)10)13-17(3)4/h14-15,17H,11-13,16H2,1-10H3. The third kappa shape index (κ3) is 6.28. The first-order valence-corrected chi connectivity index (χ1v) is 14.1. The number of hydrogen-bond acceptors (Lipinski definition) is 4. The van der Waals surface area contributed by atoms with E-state index in [4.69, 9.17) is 4.74 Å². The van der Waals surface area contributed by atoms with Crippen LogP contribution in [-0.2, 0) is 22.4 Å². The molecule has 2 aromatic carbocycles. The van der Waals surface area contributed by atoms with Crippen molar-refractivity contribution in [3.05, 3.63) is 67.8 Å². The third-order valence-electron chi connectivity index (χ3n) is 6.74. The molecule has 4 nitrogen and oxygen atoms in total. The second-order valence-electron chi connectivity index (χ2n) is 9.93. The van der Waals surface area contributed by atoms with Crippen LogP contribution in [0, 0.1) is 47.5 Å². The van der Waals surface area contributed by atoms with E-state index in [-0.39, 0.29) is 23.8 Å². The maximum Gasteiger partial charge on any atom is 0.311 e. The maximum absolute atomic E-state index is 14.1. The highest BCUT2D eigenvalue weighted by Crippen LogP contribution is 2.46. The monoisotopic (exact) mass is 496 g/mol. The van der Waals surface area contributed by atoms with E-state index in [0.717, 1.165) is 57.3 Å². The fraction of sp³-hybridized carbons (Fsp3) is 0.500. The summed E-state index contributed by atoms with van der Waals surface area (Å²) in [5.41, 5.74) is 8.85. The Morgan fingerprint density at radius 3 is 1.66 bits per heavy atom. The predicted octanol–water partition coefficient (Wildman–Crippen LogP) is 7.32. The summed E-state index contributed by atoms with van der Waals surface area (Å²) in [6, 6.07) is 4.06. The minimum atomic E-state index is -1.97. The molecule has 1 unspecified atom stereocenters. The smallest absolute Gasteiger partial charge is 0.311 e. The van der Waals surface area contributed by atoms with Crippen molar-refractivity contribution in [2.45, 2.75) is 82.1 Å². The molecule has 0 saturated heterocycles. The number of esters is 1. The highest BCUT2D eigenvalue weighted by molar-refractivity contribution is 7.90. The number of aryl methyl sites for hydroxylation is 4. The van der Waals surface area contributed by atoms with Crippen molar-refractivity contribution in [2.75, 3.05) is 12.8 Å². The summed E-state index contributed by atoms with van der Waals surface area (Å²) in [6.45, 7) is 20.2. The Bertz CT molecular complexity index is 1140. The molecule has 1 atom stereocenters. The van der Waals surface area contributed by atoms with Gasteiger partial charge in [0.2, 0.25) is 0 Å². The number of hydrogen-bond donors (Lipinski definition) is 0. The van der Waals surface area contributed by atoms with Gasteiger partial charge in [-0.3, -0.25) is 14.4 Å². The molecular formula is C30H41O4P. The summed E-state index contributed by atoms with van der Waals surface area (Å²) in [4.78, 5) is 40.8. The number of benzene rings is 2. The van der Waals surface area contributed by atoms with E-state index in [9.17, 15) is 14.4 Å². The van der Waals surface area contributed by atoms with Crippen LogP contribution in [0.2, 0.25) is 0 Å². The Morgan fingerprint density at radius 2 is 1.23 bits per heavy atom. The van der Waals surface area contributed by atoms with Crippen LogP contribution in [-0.4, -0.2) is 29.8 Å². The van der Waals surface area contributed by atoms with E-state index in [2.05, 4.69) is 34.6 Å². The molecule has 0 fully saturated rings. The van der Waals surface area contributed by atoms with Crippen molar-refractivity contribution in [1.29, 1.82) is 0 Å². The molecule has 0 heterocycles. The minimum absolute atomic E-state index is 0.193. The summed E-state index contributed by atoms with van der Waals surface area (Å²) < 4.78 is 5.20. The van der Waals surface area contributed by atoms with E-state index in [1.807, 2.05) is 39.8 Å². The quantitative estimate of drug-likeness (QED) is 0.255. The minimum Gasteiger partial charge on any atom is -0.466 e. The zero-order valence-corrected chi connectivity index (χ0v) is 24.0. The van der Waals surface area contributed by atoms with Gasteiger partial charge in [-0.1, -0.05) is 32.9 Å². The molecule has 190 valence electrons. The number of rotatable bonds is 10. The van der Waals surface area contributed by atoms with Crippen LogP contribution >= 0.6 is 7.92 Å². The molecule has 0 aliphatic rings. The summed E-state index contributed by atoms with van der Waals surface area (Å²) >= 11 is 0. The van der Waals surface area contributed by atoms with Crippen molar-refractivity contribution in [1.82, 2.24) is 0 Å². The highest BCUT2D eigenvalue weighted by atomic mass is 31.1. The fourth-order valence-corrected chi connectivity index (χ4v) is 7.27. The van der Waals surface area contributed by atoms with Gasteiger partial charge in [0.05, 0.1) is 20.7 Å². The molecule has 0 bridgehead atoms. The SMILES string of the molecule is CCOC(=O)CP(C(=O)c1c(C)cc(C)c(CC)c1C)C(=O)c1c(C)cc(C)c(CC(C)C)c1C. The first-order valence-electron chi connectivity index (χ1n) is 12.6. The van der Waals surface area contributed by atoms with Crippen LogP contribution in [0.25, 0.3) is 0 Å². The van der Waals surface area contributed by atoms with E-state index >= 15 is 0 Å². The average Bonchev–Trinajstić information content (AvgIpc) is 2.74. The summed E-state index contributed by atoms with van der Waals surface area (Å²) in [6.07, 6.45) is 1.47. The zero-order chi connectivity index (χ0) is 26.6. The van der Waals surface area contributed by atoms with E-state index in [1.54, 1.807) is 6.92 Å². The second kappa shape index (κ2) is 12.1. The van der Waals surface area contributed by atoms with E-state index in [0.29, 0.717) is 17.0 Å². The van der Waals surface area contributed by atoms with Crippen LogP contribution in [0.15, 0.2) is 12.1 Å². The van der Waals surface area contributed by atoms with Crippen LogP contribution < -0.4 is 0 Å². The molecule has 5 heteroatoms. The third-order valence-corrected chi connectivity index (χ3v) is 8.74. The molecule has 0 aromatic heterocycles. The summed E-state index contributed by atoms with van der Waals surface area (Å²) in [7, 11) is -1.97.